The molecule has 0 saturated heterocycles. The average Bonchev–Trinajstić information content (AvgIpc) is 3.10. The molecule has 0 unspecified atom stereocenters. The van der Waals surface area contributed by atoms with Crippen LogP contribution in [0.3, 0.4) is 0 Å². The van der Waals surface area contributed by atoms with Gasteiger partial charge in [0.2, 0.25) is 0 Å². The zero-order chi connectivity index (χ0) is 21.0. The van der Waals surface area contributed by atoms with E-state index in [1.165, 1.54) is 135 Å². The lowest BCUT2D eigenvalue weighted by molar-refractivity contribution is -0.703. The maximum absolute atomic E-state index is 2.57. The highest BCUT2D eigenvalue weighted by Crippen LogP contribution is 2.13. The van der Waals surface area contributed by atoms with Crippen LogP contribution in [0.4, 0.5) is 0 Å². The molecular formula is C27H53N2+. The van der Waals surface area contributed by atoms with Crippen LogP contribution in [0.5, 0.6) is 0 Å². The summed E-state index contributed by atoms with van der Waals surface area (Å²) < 4.78 is 5.09. The quantitative estimate of drug-likeness (QED) is 0.143. The summed E-state index contributed by atoms with van der Waals surface area (Å²) in [6.45, 7) is 9.30. The van der Waals surface area contributed by atoms with Gasteiger partial charge in [0.1, 0.15) is 12.4 Å². The second kappa shape index (κ2) is 19.2. The van der Waals surface area contributed by atoms with Gasteiger partial charge in [-0.1, -0.05) is 111 Å². The van der Waals surface area contributed by atoms with Crippen molar-refractivity contribution in [2.24, 2.45) is 0 Å². The van der Waals surface area contributed by atoms with Crippen molar-refractivity contribution in [3.8, 4) is 0 Å². The summed E-state index contributed by atoms with van der Waals surface area (Å²) in [6, 6.07) is 0. The van der Waals surface area contributed by atoms with Gasteiger partial charge in [-0.05, 0) is 25.7 Å². The lowest BCUT2D eigenvalue weighted by Gasteiger charge is -2.06. The van der Waals surface area contributed by atoms with Crippen LogP contribution in [0.25, 0.3) is 0 Å². The van der Waals surface area contributed by atoms with Gasteiger partial charge in [-0.25, -0.2) is 9.13 Å². The van der Waals surface area contributed by atoms with Crippen LogP contribution in [0.1, 0.15) is 142 Å². The van der Waals surface area contributed by atoms with Crippen LogP contribution in [0, 0.1) is 0 Å². The highest BCUT2D eigenvalue weighted by atomic mass is 15.1. The molecule has 2 heteroatoms. The van der Waals surface area contributed by atoms with Crippen LogP contribution in [0.15, 0.2) is 12.4 Å². The minimum atomic E-state index is 1.18. The van der Waals surface area contributed by atoms with Gasteiger partial charge in [0.25, 0.3) is 5.82 Å². The Morgan fingerprint density at radius 1 is 0.586 bits per heavy atom. The molecule has 0 atom stereocenters. The smallest absolute Gasteiger partial charge is 0.234 e. The number of rotatable bonds is 21. The van der Waals surface area contributed by atoms with Crippen LogP contribution in [0.2, 0.25) is 0 Å². The minimum Gasteiger partial charge on any atom is -0.234 e. The van der Waals surface area contributed by atoms with Crippen LogP contribution >= 0.6 is 0 Å². The Kier molecular flexibility index (Phi) is 17.4. The lowest BCUT2D eigenvalue weighted by atomic mass is 10.1. The molecule has 0 aliphatic heterocycles. The Morgan fingerprint density at radius 3 is 1.59 bits per heavy atom. The first-order valence-electron chi connectivity index (χ1n) is 13.4. The molecule has 1 rings (SSSR count). The van der Waals surface area contributed by atoms with E-state index in [9.17, 15) is 0 Å². The summed E-state index contributed by atoms with van der Waals surface area (Å²) in [5, 5.41) is 0. The summed E-state index contributed by atoms with van der Waals surface area (Å²) in [7, 11) is 0. The SMILES string of the molecule is CCCCCCCCCCCn1cc[n+](CCC)c1CCCCCCCCCC. The van der Waals surface area contributed by atoms with Gasteiger partial charge < -0.3 is 0 Å². The van der Waals surface area contributed by atoms with E-state index in [0.717, 1.165) is 0 Å². The molecule has 0 aliphatic carbocycles. The predicted octanol–water partition coefficient (Wildman–Crippen LogP) is 8.40. The maximum atomic E-state index is 2.57. The van der Waals surface area contributed by atoms with Crippen molar-refractivity contribution in [1.29, 1.82) is 0 Å². The Balaban J connectivity index is 2.23. The van der Waals surface area contributed by atoms with Crippen molar-refractivity contribution in [2.45, 2.75) is 156 Å². The molecule has 0 radical (unpaired) electrons. The third-order valence-electron chi connectivity index (χ3n) is 6.31. The first-order valence-corrected chi connectivity index (χ1v) is 13.4. The fraction of sp³-hybridized carbons (Fsp3) is 0.889. The summed E-state index contributed by atoms with van der Waals surface area (Å²) in [6.07, 6.45) is 31.2. The Morgan fingerprint density at radius 2 is 1.07 bits per heavy atom. The van der Waals surface area contributed by atoms with E-state index in [1.54, 1.807) is 5.82 Å². The monoisotopic (exact) mass is 405 g/mol. The van der Waals surface area contributed by atoms with Gasteiger partial charge >= 0.3 is 0 Å². The van der Waals surface area contributed by atoms with E-state index in [2.05, 4.69) is 42.3 Å². The van der Waals surface area contributed by atoms with Crippen molar-refractivity contribution in [2.75, 3.05) is 0 Å². The second-order valence-corrected chi connectivity index (χ2v) is 9.15. The predicted molar refractivity (Wildman–Crippen MR) is 128 cm³/mol. The second-order valence-electron chi connectivity index (χ2n) is 9.15. The Labute approximate surface area is 183 Å². The van der Waals surface area contributed by atoms with E-state index in [0.29, 0.717) is 0 Å². The molecule has 0 aliphatic rings. The summed E-state index contributed by atoms with van der Waals surface area (Å²) >= 11 is 0. The number of aryl methyl sites for hydroxylation is 2. The normalized spacial score (nSPS) is 11.4. The number of unbranched alkanes of at least 4 members (excludes halogenated alkanes) is 15. The van der Waals surface area contributed by atoms with E-state index in [4.69, 9.17) is 0 Å². The van der Waals surface area contributed by atoms with Gasteiger partial charge in [0.05, 0.1) is 13.1 Å². The molecule has 0 saturated carbocycles. The standard InChI is InChI=1S/C27H53N2/c1-4-7-9-11-13-15-17-19-21-24-29-26-25-28(23-6-3)27(29)22-20-18-16-14-12-10-8-5-2/h25-26H,4-24H2,1-3H3/q+1. The first kappa shape index (κ1) is 26.2. The molecule has 1 heterocycles. The molecule has 0 N–H and O–H groups in total. The molecule has 0 fully saturated rings. The zero-order valence-corrected chi connectivity index (χ0v) is 20.4. The van der Waals surface area contributed by atoms with Crippen LogP contribution in [-0.4, -0.2) is 4.57 Å². The van der Waals surface area contributed by atoms with Crippen LogP contribution < -0.4 is 4.57 Å². The molecule has 29 heavy (non-hydrogen) atoms. The van der Waals surface area contributed by atoms with E-state index in [-0.39, 0.29) is 0 Å². The Bertz CT molecular complexity index is 463. The maximum Gasteiger partial charge on any atom is 0.256 e. The number of imidazole rings is 1. The van der Waals surface area contributed by atoms with E-state index < -0.39 is 0 Å². The van der Waals surface area contributed by atoms with Crippen molar-refractivity contribution < 1.29 is 4.57 Å². The number of hydrogen-bond acceptors (Lipinski definition) is 0. The molecule has 0 bridgehead atoms. The van der Waals surface area contributed by atoms with Crippen molar-refractivity contribution in [1.82, 2.24) is 4.57 Å². The van der Waals surface area contributed by atoms with Crippen molar-refractivity contribution >= 4 is 0 Å². The molecule has 170 valence electrons. The largest absolute Gasteiger partial charge is 0.256 e. The van der Waals surface area contributed by atoms with Crippen LogP contribution in [-0.2, 0) is 19.5 Å². The molecular weight excluding hydrogens is 352 g/mol. The molecule has 0 spiro atoms. The molecule has 2 nitrogen and oxygen atoms in total. The Hall–Kier alpha value is -0.790. The molecule has 0 aromatic carbocycles. The lowest BCUT2D eigenvalue weighted by Crippen LogP contribution is -2.37. The van der Waals surface area contributed by atoms with Crippen molar-refractivity contribution in [3.05, 3.63) is 18.2 Å². The fourth-order valence-electron chi connectivity index (χ4n) is 4.44. The molecule has 1 aromatic rings. The average molecular weight is 406 g/mol. The van der Waals surface area contributed by atoms with Gasteiger partial charge in [-0.15, -0.1) is 0 Å². The van der Waals surface area contributed by atoms with Gasteiger partial charge in [0, 0.05) is 6.42 Å². The zero-order valence-electron chi connectivity index (χ0n) is 20.4. The fourth-order valence-corrected chi connectivity index (χ4v) is 4.44. The molecule has 0 amide bonds. The highest BCUT2D eigenvalue weighted by molar-refractivity contribution is 4.84. The van der Waals surface area contributed by atoms with Crippen molar-refractivity contribution in [3.63, 3.8) is 0 Å². The number of nitrogens with zero attached hydrogens (tertiary/aromatic N) is 2. The topological polar surface area (TPSA) is 8.81 Å². The summed E-state index contributed by atoms with van der Waals surface area (Å²) in [5.74, 6) is 1.58. The van der Waals surface area contributed by atoms with E-state index >= 15 is 0 Å². The van der Waals surface area contributed by atoms with Gasteiger partial charge in [-0.3, -0.25) is 0 Å². The first-order chi connectivity index (χ1) is 14.3. The molecule has 1 aromatic heterocycles. The highest BCUT2D eigenvalue weighted by Gasteiger charge is 2.15. The number of aromatic nitrogens is 2. The van der Waals surface area contributed by atoms with E-state index in [1.807, 2.05) is 0 Å². The third-order valence-corrected chi connectivity index (χ3v) is 6.31. The summed E-state index contributed by atoms with van der Waals surface area (Å²) in [4.78, 5) is 0. The summed E-state index contributed by atoms with van der Waals surface area (Å²) in [5.41, 5.74) is 0. The minimum absolute atomic E-state index is 1.18. The van der Waals surface area contributed by atoms with Gasteiger partial charge in [0.15, 0.2) is 0 Å². The third kappa shape index (κ3) is 13.2. The number of hydrogen-bond donors (Lipinski definition) is 0. The van der Waals surface area contributed by atoms with Gasteiger partial charge in [-0.2, -0.15) is 0 Å².